The highest BCUT2D eigenvalue weighted by Crippen LogP contribution is 2.30. The number of furan rings is 1. The van der Waals surface area contributed by atoms with Crippen LogP contribution in [-0.4, -0.2) is 31.6 Å². The number of hydrogen-bond acceptors (Lipinski definition) is 5. The van der Waals surface area contributed by atoms with Crippen molar-refractivity contribution in [3.8, 4) is 11.6 Å². The second kappa shape index (κ2) is 5.08. The second-order valence-electron chi connectivity index (χ2n) is 4.97. The van der Waals surface area contributed by atoms with Crippen molar-refractivity contribution in [2.24, 2.45) is 0 Å². The molecule has 0 fully saturated rings. The summed E-state index contributed by atoms with van der Waals surface area (Å²) >= 11 is 1.15. The quantitative estimate of drug-likeness (QED) is 0.867. The van der Waals surface area contributed by atoms with Crippen LogP contribution >= 0.6 is 11.8 Å². The van der Waals surface area contributed by atoms with Crippen LogP contribution in [0.15, 0.2) is 28.0 Å². The first-order valence-electron chi connectivity index (χ1n) is 5.74. The van der Waals surface area contributed by atoms with Gasteiger partial charge < -0.3 is 9.52 Å². The number of carbonyl (C=O) groups is 1. The standard InChI is InChI=1S/C12H15N3O3S/c1-12(2,3)15-10(8-5-4-6-18-8)13-14-11(15)19-7-9(16)17/h4-6H,7H2,1-3H3,(H,16,17). The Morgan fingerprint density at radius 1 is 1.47 bits per heavy atom. The Morgan fingerprint density at radius 2 is 2.21 bits per heavy atom. The Bertz CT molecular complexity index is 570. The number of aromatic nitrogens is 3. The molecular weight excluding hydrogens is 266 g/mol. The van der Waals surface area contributed by atoms with Crippen LogP contribution in [0.25, 0.3) is 11.6 Å². The Hall–Kier alpha value is -1.76. The van der Waals surface area contributed by atoms with E-state index in [-0.39, 0.29) is 11.3 Å². The first-order valence-corrected chi connectivity index (χ1v) is 6.72. The normalized spacial score (nSPS) is 11.7. The number of rotatable bonds is 4. The van der Waals surface area contributed by atoms with E-state index in [1.54, 1.807) is 18.4 Å². The molecule has 0 aromatic carbocycles. The van der Waals surface area contributed by atoms with Crippen molar-refractivity contribution in [2.45, 2.75) is 31.5 Å². The lowest BCUT2D eigenvalue weighted by molar-refractivity contribution is -0.133. The molecule has 0 bridgehead atoms. The SMILES string of the molecule is CC(C)(C)n1c(SCC(=O)O)nnc1-c1ccco1. The van der Waals surface area contributed by atoms with Gasteiger partial charge in [0.2, 0.25) is 5.82 Å². The van der Waals surface area contributed by atoms with Crippen LogP contribution in [0.1, 0.15) is 20.8 Å². The third-order valence-corrected chi connectivity index (χ3v) is 3.28. The van der Waals surface area contributed by atoms with Gasteiger partial charge in [0, 0.05) is 5.54 Å². The Kier molecular flexibility index (Phi) is 3.66. The van der Waals surface area contributed by atoms with E-state index >= 15 is 0 Å². The van der Waals surface area contributed by atoms with Crippen LogP contribution in [-0.2, 0) is 10.3 Å². The van der Waals surface area contributed by atoms with E-state index in [1.807, 2.05) is 25.3 Å². The van der Waals surface area contributed by atoms with E-state index in [0.717, 1.165) is 11.8 Å². The lowest BCUT2D eigenvalue weighted by Crippen LogP contribution is -2.24. The molecule has 102 valence electrons. The number of nitrogens with zero attached hydrogens (tertiary/aromatic N) is 3. The lowest BCUT2D eigenvalue weighted by atomic mass is 10.1. The molecule has 19 heavy (non-hydrogen) atoms. The van der Waals surface area contributed by atoms with Gasteiger partial charge in [0.15, 0.2) is 10.9 Å². The van der Waals surface area contributed by atoms with E-state index in [4.69, 9.17) is 9.52 Å². The molecule has 0 saturated heterocycles. The molecule has 0 amide bonds. The molecule has 6 nitrogen and oxygen atoms in total. The highest BCUT2D eigenvalue weighted by Gasteiger charge is 2.25. The number of carboxylic acids is 1. The van der Waals surface area contributed by atoms with Crippen molar-refractivity contribution in [3.05, 3.63) is 18.4 Å². The lowest BCUT2D eigenvalue weighted by Gasteiger charge is -2.23. The fourth-order valence-electron chi connectivity index (χ4n) is 1.66. The fraction of sp³-hybridized carbons (Fsp3) is 0.417. The van der Waals surface area contributed by atoms with Crippen molar-refractivity contribution in [2.75, 3.05) is 5.75 Å². The summed E-state index contributed by atoms with van der Waals surface area (Å²) in [6.45, 7) is 6.02. The van der Waals surface area contributed by atoms with Gasteiger partial charge in [-0.05, 0) is 32.9 Å². The molecule has 0 aliphatic heterocycles. The van der Waals surface area contributed by atoms with Gasteiger partial charge in [-0.15, -0.1) is 10.2 Å². The van der Waals surface area contributed by atoms with Crippen LogP contribution in [0.4, 0.5) is 0 Å². The number of aliphatic carboxylic acids is 1. The zero-order chi connectivity index (χ0) is 14.0. The fourth-order valence-corrected chi connectivity index (χ4v) is 2.50. The molecular formula is C12H15N3O3S. The average Bonchev–Trinajstić information content (AvgIpc) is 2.93. The van der Waals surface area contributed by atoms with E-state index in [9.17, 15) is 4.79 Å². The maximum absolute atomic E-state index is 10.7. The van der Waals surface area contributed by atoms with E-state index in [1.165, 1.54) is 0 Å². The predicted octanol–water partition coefficient (Wildman–Crippen LogP) is 2.47. The molecule has 1 N–H and O–H groups in total. The van der Waals surface area contributed by atoms with Crippen molar-refractivity contribution in [1.29, 1.82) is 0 Å². The van der Waals surface area contributed by atoms with Gasteiger partial charge in [-0.25, -0.2) is 0 Å². The summed E-state index contributed by atoms with van der Waals surface area (Å²) in [6.07, 6.45) is 1.57. The van der Waals surface area contributed by atoms with E-state index in [2.05, 4.69) is 10.2 Å². The summed E-state index contributed by atoms with van der Waals surface area (Å²) in [5, 5.41) is 17.5. The summed E-state index contributed by atoms with van der Waals surface area (Å²) in [5.41, 5.74) is -0.271. The molecule has 0 aliphatic rings. The third kappa shape index (κ3) is 2.98. The van der Waals surface area contributed by atoms with Crippen molar-refractivity contribution in [1.82, 2.24) is 14.8 Å². The van der Waals surface area contributed by atoms with Crippen LogP contribution in [0.2, 0.25) is 0 Å². The Labute approximate surface area is 114 Å². The number of thioether (sulfide) groups is 1. The van der Waals surface area contributed by atoms with Crippen LogP contribution in [0.3, 0.4) is 0 Å². The summed E-state index contributed by atoms with van der Waals surface area (Å²) in [5.74, 6) is 0.287. The molecule has 7 heteroatoms. The molecule has 0 unspecified atom stereocenters. The van der Waals surface area contributed by atoms with Gasteiger partial charge in [0.25, 0.3) is 0 Å². The third-order valence-electron chi connectivity index (χ3n) is 2.37. The van der Waals surface area contributed by atoms with Gasteiger partial charge in [-0.2, -0.15) is 0 Å². The minimum absolute atomic E-state index is 0.0492. The van der Waals surface area contributed by atoms with Crippen molar-refractivity contribution < 1.29 is 14.3 Å². The van der Waals surface area contributed by atoms with Gasteiger partial charge in [-0.3, -0.25) is 9.36 Å². The van der Waals surface area contributed by atoms with Crippen LogP contribution < -0.4 is 0 Å². The first kappa shape index (κ1) is 13.7. The summed E-state index contributed by atoms with van der Waals surface area (Å²) in [6, 6.07) is 3.58. The zero-order valence-electron chi connectivity index (χ0n) is 11.0. The van der Waals surface area contributed by atoms with Gasteiger partial charge >= 0.3 is 5.97 Å². The molecule has 0 spiro atoms. The highest BCUT2D eigenvalue weighted by molar-refractivity contribution is 7.99. The highest BCUT2D eigenvalue weighted by atomic mass is 32.2. The van der Waals surface area contributed by atoms with E-state index in [0.29, 0.717) is 16.7 Å². The minimum Gasteiger partial charge on any atom is -0.481 e. The van der Waals surface area contributed by atoms with Gasteiger partial charge in [0.1, 0.15) is 0 Å². The molecule has 2 aromatic heterocycles. The number of carboxylic acid groups (broad SMARTS) is 1. The summed E-state index contributed by atoms with van der Waals surface area (Å²) in [4.78, 5) is 10.7. The van der Waals surface area contributed by atoms with Gasteiger partial charge in [0.05, 0.1) is 12.0 Å². The maximum Gasteiger partial charge on any atom is 0.313 e. The molecule has 0 aliphatic carbocycles. The molecule has 0 saturated carbocycles. The second-order valence-corrected chi connectivity index (χ2v) is 5.91. The largest absolute Gasteiger partial charge is 0.481 e. The van der Waals surface area contributed by atoms with Crippen molar-refractivity contribution in [3.63, 3.8) is 0 Å². The van der Waals surface area contributed by atoms with Crippen LogP contribution in [0.5, 0.6) is 0 Å². The first-order chi connectivity index (χ1) is 8.89. The molecule has 0 radical (unpaired) electrons. The molecule has 2 heterocycles. The maximum atomic E-state index is 10.7. The topological polar surface area (TPSA) is 81.2 Å². The molecule has 0 atom stereocenters. The molecule has 2 aromatic rings. The smallest absolute Gasteiger partial charge is 0.313 e. The monoisotopic (exact) mass is 281 g/mol. The number of hydrogen-bond donors (Lipinski definition) is 1. The Balaban J connectivity index is 2.43. The minimum atomic E-state index is -0.881. The zero-order valence-corrected chi connectivity index (χ0v) is 11.8. The molecule has 2 rings (SSSR count). The Morgan fingerprint density at radius 3 is 2.74 bits per heavy atom. The van der Waals surface area contributed by atoms with Crippen molar-refractivity contribution >= 4 is 17.7 Å². The van der Waals surface area contributed by atoms with Gasteiger partial charge in [-0.1, -0.05) is 11.8 Å². The van der Waals surface area contributed by atoms with Crippen LogP contribution in [0, 0.1) is 0 Å². The predicted molar refractivity (Wildman–Crippen MR) is 71.1 cm³/mol. The average molecular weight is 281 g/mol. The van der Waals surface area contributed by atoms with E-state index < -0.39 is 5.97 Å². The summed E-state index contributed by atoms with van der Waals surface area (Å²) < 4.78 is 7.23. The summed E-state index contributed by atoms with van der Waals surface area (Å²) in [7, 11) is 0.